The highest BCUT2D eigenvalue weighted by atomic mass is 15.0. The average Bonchev–Trinajstić information content (AvgIpc) is 2.19. The molecule has 0 fully saturated rings. The Morgan fingerprint density at radius 1 is 1.29 bits per heavy atom. The summed E-state index contributed by atoms with van der Waals surface area (Å²) in [6, 6.07) is 2.18. The number of rotatable bonds is 4. The summed E-state index contributed by atoms with van der Waals surface area (Å²) < 4.78 is 0. The molecule has 0 aliphatic heterocycles. The average molecular weight is 191 g/mol. The summed E-state index contributed by atoms with van der Waals surface area (Å²) in [4.78, 5) is 8.24. The van der Waals surface area contributed by atoms with Crippen LogP contribution in [-0.2, 0) is 0 Å². The van der Waals surface area contributed by atoms with Gasteiger partial charge in [0, 0.05) is 18.4 Å². The highest BCUT2D eigenvalue weighted by Gasteiger charge is 2.09. The van der Waals surface area contributed by atoms with Crippen molar-refractivity contribution in [3.05, 3.63) is 30.9 Å². The standard InChI is InChI=1S/C11H17N3/c1-8(2)9(3)14-10(4)11-12-6-5-7-13-11/h5-9,14H,4H2,1-3H3/t9-/m1/s1. The predicted octanol–water partition coefficient (Wildman–Crippen LogP) is 2.08. The molecule has 0 unspecified atom stereocenters. The molecule has 1 atom stereocenters. The van der Waals surface area contributed by atoms with Gasteiger partial charge in [-0.05, 0) is 18.9 Å². The maximum Gasteiger partial charge on any atom is 0.174 e. The summed E-state index contributed by atoms with van der Waals surface area (Å²) in [5.41, 5.74) is 0.784. The van der Waals surface area contributed by atoms with Gasteiger partial charge in [-0.2, -0.15) is 0 Å². The van der Waals surface area contributed by atoms with E-state index < -0.39 is 0 Å². The number of hydrogen-bond donors (Lipinski definition) is 1. The van der Waals surface area contributed by atoms with E-state index >= 15 is 0 Å². The zero-order valence-corrected chi connectivity index (χ0v) is 8.99. The Balaban J connectivity index is 2.60. The number of aromatic nitrogens is 2. The Morgan fingerprint density at radius 3 is 2.36 bits per heavy atom. The molecule has 1 rings (SSSR count). The highest BCUT2D eigenvalue weighted by Crippen LogP contribution is 2.07. The van der Waals surface area contributed by atoms with Crippen LogP contribution in [0.15, 0.2) is 25.0 Å². The van der Waals surface area contributed by atoms with Crippen molar-refractivity contribution in [3.8, 4) is 0 Å². The van der Waals surface area contributed by atoms with Crippen LogP contribution in [0.5, 0.6) is 0 Å². The molecule has 1 N–H and O–H groups in total. The Morgan fingerprint density at radius 2 is 1.86 bits per heavy atom. The molecule has 3 nitrogen and oxygen atoms in total. The van der Waals surface area contributed by atoms with Crippen molar-refractivity contribution >= 4 is 5.70 Å². The molecule has 0 aliphatic rings. The zero-order chi connectivity index (χ0) is 10.6. The molecule has 0 saturated carbocycles. The van der Waals surface area contributed by atoms with Crippen molar-refractivity contribution in [3.63, 3.8) is 0 Å². The van der Waals surface area contributed by atoms with Crippen LogP contribution in [0.3, 0.4) is 0 Å². The fourth-order valence-corrected chi connectivity index (χ4v) is 0.961. The molecule has 0 radical (unpaired) electrons. The Kier molecular flexibility index (Phi) is 3.63. The van der Waals surface area contributed by atoms with Gasteiger partial charge in [0.1, 0.15) is 0 Å². The summed E-state index contributed by atoms with van der Waals surface area (Å²) in [6.07, 6.45) is 3.43. The topological polar surface area (TPSA) is 37.8 Å². The molecule has 0 saturated heterocycles. The third-order valence-corrected chi connectivity index (χ3v) is 2.24. The maximum atomic E-state index is 4.12. The van der Waals surface area contributed by atoms with Gasteiger partial charge in [0.2, 0.25) is 0 Å². The second-order valence-corrected chi connectivity index (χ2v) is 3.73. The number of hydrogen-bond acceptors (Lipinski definition) is 3. The normalized spacial score (nSPS) is 12.6. The van der Waals surface area contributed by atoms with Crippen LogP contribution < -0.4 is 5.32 Å². The fourth-order valence-electron chi connectivity index (χ4n) is 0.961. The van der Waals surface area contributed by atoms with Gasteiger partial charge in [0.25, 0.3) is 0 Å². The van der Waals surface area contributed by atoms with Crippen LogP contribution in [0.4, 0.5) is 0 Å². The monoisotopic (exact) mass is 191 g/mol. The van der Waals surface area contributed by atoms with E-state index in [4.69, 9.17) is 0 Å². The smallest absolute Gasteiger partial charge is 0.174 e. The van der Waals surface area contributed by atoms with Gasteiger partial charge in [-0.15, -0.1) is 0 Å². The van der Waals surface area contributed by atoms with Crippen molar-refractivity contribution in [2.45, 2.75) is 26.8 Å². The van der Waals surface area contributed by atoms with E-state index in [2.05, 4.69) is 42.6 Å². The van der Waals surface area contributed by atoms with Gasteiger partial charge >= 0.3 is 0 Å². The SMILES string of the molecule is C=C(N[C@H](C)C(C)C)c1ncccn1. The minimum absolute atomic E-state index is 0.381. The van der Waals surface area contributed by atoms with Gasteiger partial charge < -0.3 is 5.32 Å². The van der Waals surface area contributed by atoms with Crippen LogP contribution >= 0.6 is 0 Å². The quantitative estimate of drug-likeness (QED) is 0.791. The number of nitrogens with zero attached hydrogens (tertiary/aromatic N) is 2. The lowest BCUT2D eigenvalue weighted by molar-refractivity contribution is 0.479. The first kappa shape index (κ1) is 10.7. The molecule has 0 bridgehead atoms. The molecule has 14 heavy (non-hydrogen) atoms. The lowest BCUT2D eigenvalue weighted by atomic mass is 10.1. The van der Waals surface area contributed by atoms with Gasteiger partial charge in [-0.25, -0.2) is 9.97 Å². The minimum Gasteiger partial charge on any atom is -0.380 e. The van der Waals surface area contributed by atoms with Crippen LogP contribution in [0.25, 0.3) is 5.70 Å². The van der Waals surface area contributed by atoms with Crippen LogP contribution in [0, 0.1) is 5.92 Å². The number of nitrogens with one attached hydrogen (secondary N) is 1. The van der Waals surface area contributed by atoms with E-state index in [1.54, 1.807) is 18.5 Å². The fraction of sp³-hybridized carbons (Fsp3) is 0.455. The molecular formula is C11H17N3. The van der Waals surface area contributed by atoms with Gasteiger partial charge in [0.05, 0.1) is 5.70 Å². The highest BCUT2D eigenvalue weighted by molar-refractivity contribution is 5.54. The summed E-state index contributed by atoms with van der Waals surface area (Å²) in [5, 5.41) is 3.28. The predicted molar refractivity (Wildman–Crippen MR) is 58.5 cm³/mol. The third-order valence-electron chi connectivity index (χ3n) is 2.24. The van der Waals surface area contributed by atoms with Crippen molar-refractivity contribution < 1.29 is 0 Å². The first-order valence-electron chi connectivity index (χ1n) is 4.84. The molecule has 76 valence electrons. The van der Waals surface area contributed by atoms with Crippen LogP contribution in [0.2, 0.25) is 0 Å². The van der Waals surface area contributed by atoms with Gasteiger partial charge in [-0.1, -0.05) is 20.4 Å². The molecule has 1 heterocycles. The second kappa shape index (κ2) is 4.74. The Labute approximate surface area is 85.3 Å². The van der Waals surface area contributed by atoms with Gasteiger partial charge in [0.15, 0.2) is 5.82 Å². The molecule has 0 spiro atoms. The molecule has 0 aliphatic carbocycles. The van der Waals surface area contributed by atoms with Crippen molar-refractivity contribution in [1.29, 1.82) is 0 Å². The maximum absolute atomic E-state index is 4.12. The second-order valence-electron chi connectivity index (χ2n) is 3.73. The summed E-state index contributed by atoms with van der Waals surface area (Å²) in [5.74, 6) is 1.23. The van der Waals surface area contributed by atoms with Gasteiger partial charge in [-0.3, -0.25) is 0 Å². The van der Waals surface area contributed by atoms with E-state index in [0.717, 1.165) is 5.70 Å². The summed E-state index contributed by atoms with van der Waals surface area (Å²) in [6.45, 7) is 10.4. The Bertz CT molecular complexity index is 293. The molecule has 0 amide bonds. The van der Waals surface area contributed by atoms with E-state index in [1.165, 1.54) is 0 Å². The molecule has 1 aromatic rings. The lowest BCUT2D eigenvalue weighted by Crippen LogP contribution is -2.29. The third kappa shape index (κ3) is 2.83. The van der Waals surface area contributed by atoms with E-state index in [1.807, 2.05) is 0 Å². The van der Waals surface area contributed by atoms with Crippen LogP contribution in [0.1, 0.15) is 26.6 Å². The van der Waals surface area contributed by atoms with E-state index in [9.17, 15) is 0 Å². The van der Waals surface area contributed by atoms with Crippen molar-refractivity contribution in [2.24, 2.45) is 5.92 Å². The molecular weight excluding hydrogens is 174 g/mol. The molecule has 3 heteroatoms. The van der Waals surface area contributed by atoms with Crippen LogP contribution in [-0.4, -0.2) is 16.0 Å². The molecule has 0 aromatic carbocycles. The largest absolute Gasteiger partial charge is 0.380 e. The first-order chi connectivity index (χ1) is 6.61. The minimum atomic E-state index is 0.381. The Hall–Kier alpha value is -1.38. The first-order valence-corrected chi connectivity index (χ1v) is 4.84. The van der Waals surface area contributed by atoms with Crippen molar-refractivity contribution in [1.82, 2.24) is 15.3 Å². The summed E-state index contributed by atoms with van der Waals surface area (Å²) >= 11 is 0. The summed E-state index contributed by atoms with van der Waals surface area (Å²) in [7, 11) is 0. The van der Waals surface area contributed by atoms with Crippen molar-refractivity contribution in [2.75, 3.05) is 0 Å². The van der Waals surface area contributed by atoms with E-state index in [-0.39, 0.29) is 0 Å². The molecule has 1 aromatic heterocycles. The van der Waals surface area contributed by atoms with E-state index in [0.29, 0.717) is 17.8 Å². The zero-order valence-electron chi connectivity index (χ0n) is 8.99. The lowest BCUT2D eigenvalue weighted by Gasteiger charge is -2.19.